The highest BCUT2D eigenvalue weighted by Crippen LogP contribution is 2.09. The lowest BCUT2D eigenvalue weighted by Crippen LogP contribution is -2.34. The van der Waals surface area contributed by atoms with Gasteiger partial charge in [-0.05, 0) is 18.9 Å². The van der Waals surface area contributed by atoms with Crippen molar-refractivity contribution in [3.05, 3.63) is 0 Å². The van der Waals surface area contributed by atoms with Gasteiger partial charge in [0.15, 0.2) is 0 Å². The van der Waals surface area contributed by atoms with E-state index < -0.39 is 5.97 Å². The van der Waals surface area contributed by atoms with Gasteiger partial charge < -0.3 is 10.0 Å². The Hall–Kier alpha value is -0.570. The zero-order valence-electron chi connectivity index (χ0n) is 10.5. The van der Waals surface area contributed by atoms with Gasteiger partial charge in [-0.2, -0.15) is 0 Å². The highest BCUT2D eigenvalue weighted by Gasteiger charge is 2.16. The monoisotopic (exact) mass is 215 g/mol. The van der Waals surface area contributed by atoms with Crippen LogP contribution in [-0.4, -0.2) is 35.6 Å². The van der Waals surface area contributed by atoms with Crippen LogP contribution in [0.5, 0.6) is 0 Å². The summed E-state index contributed by atoms with van der Waals surface area (Å²) in [4.78, 5) is 13.0. The van der Waals surface area contributed by atoms with Crippen LogP contribution in [0.25, 0.3) is 0 Å². The second-order valence-electron chi connectivity index (χ2n) is 4.49. The van der Waals surface area contributed by atoms with Crippen molar-refractivity contribution in [2.24, 2.45) is 11.8 Å². The van der Waals surface area contributed by atoms with Crippen LogP contribution in [0.1, 0.15) is 40.5 Å². The molecule has 0 amide bonds. The van der Waals surface area contributed by atoms with E-state index in [1.54, 1.807) is 6.92 Å². The topological polar surface area (TPSA) is 40.5 Å². The van der Waals surface area contributed by atoms with Gasteiger partial charge in [-0.25, -0.2) is 0 Å². The number of nitrogens with zero attached hydrogens (tertiary/aromatic N) is 1. The molecule has 3 heteroatoms. The van der Waals surface area contributed by atoms with Crippen molar-refractivity contribution in [2.45, 2.75) is 40.5 Å². The molecule has 0 aromatic heterocycles. The number of carboxylic acid groups (broad SMARTS) is 1. The van der Waals surface area contributed by atoms with Gasteiger partial charge in [0, 0.05) is 13.1 Å². The first-order chi connectivity index (χ1) is 7.01. The Balaban J connectivity index is 3.96. The van der Waals surface area contributed by atoms with Gasteiger partial charge >= 0.3 is 5.97 Å². The lowest BCUT2D eigenvalue weighted by Gasteiger charge is -2.25. The second-order valence-corrected chi connectivity index (χ2v) is 4.49. The number of carbonyl (C=O) groups is 1. The van der Waals surface area contributed by atoms with E-state index in [0.29, 0.717) is 12.5 Å². The van der Waals surface area contributed by atoms with Crippen molar-refractivity contribution in [1.29, 1.82) is 0 Å². The quantitative estimate of drug-likeness (QED) is 0.676. The summed E-state index contributed by atoms with van der Waals surface area (Å²) in [5, 5.41) is 8.84. The van der Waals surface area contributed by atoms with Gasteiger partial charge in [0.1, 0.15) is 0 Å². The maximum Gasteiger partial charge on any atom is 0.307 e. The van der Waals surface area contributed by atoms with Crippen molar-refractivity contribution >= 4 is 5.97 Å². The molecular weight excluding hydrogens is 190 g/mol. The molecule has 0 fully saturated rings. The first-order valence-corrected chi connectivity index (χ1v) is 5.96. The Kier molecular flexibility index (Phi) is 7.39. The summed E-state index contributed by atoms with van der Waals surface area (Å²) in [6.45, 7) is 10.9. The zero-order valence-corrected chi connectivity index (χ0v) is 10.5. The molecule has 2 atom stereocenters. The first-order valence-electron chi connectivity index (χ1n) is 5.96. The van der Waals surface area contributed by atoms with Gasteiger partial charge in [-0.3, -0.25) is 4.79 Å². The molecule has 0 aromatic carbocycles. The Morgan fingerprint density at radius 1 is 1.27 bits per heavy atom. The van der Waals surface area contributed by atoms with Crippen LogP contribution in [0.15, 0.2) is 0 Å². The maximum absolute atomic E-state index is 10.7. The molecule has 0 heterocycles. The summed E-state index contributed by atoms with van der Waals surface area (Å²) in [6, 6.07) is 0. The summed E-state index contributed by atoms with van der Waals surface area (Å²) in [7, 11) is 0. The molecule has 15 heavy (non-hydrogen) atoms. The van der Waals surface area contributed by atoms with Crippen molar-refractivity contribution in [1.82, 2.24) is 4.90 Å². The molecule has 0 aliphatic heterocycles. The minimum atomic E-state index is -0.698. The number of rotatable bonds is 8. The minimum absolute atomic E-state index is 0.265. The number of hydrogen-bond donors (Lipinski definition) is 1. The predicted octanol–water partition coefficient (Wildman–Crippen LogP) is 2.47. The normalized spacial score (nSPS) is 15.3. The Bertz CT molecular complexity index is 182. The van der Waals surface area contributed by atoms with E-state index in [1.807, 2.05) is 0 Å². The molecule has 0 aromatic rings. The van der Waals surface area contributed by atoms with E-state index in [1.165, 1.54) is 12.8 Å². The first kappa shape index (κ1) is 14.4. The van der Waals surface area contributed by atoms with Gasteiger partial charge in [0.2, 0.25) is 0 Å². The minimum Gasteiger partial charge on any atom is -0.481 e. The highest BCUT2D eigenvalue weighted by molar-refractivity contribution is 5.69. The van der Waals surface area contributed by atoms with Crippen LogP contribution in [0.3, 0.4) is 0 Å². The summed E-state index contributed by atoms with van der Waals surface area (Å²) >= 11 is 0. The van der Waals surface area contributed by atoms with Crippen LogP contribution in [0, 0.1) is 11.8 Å². The van der Waals surface area contributed by atoms with Crippen molar-refractivity contribution in [2.75, 3.05) is 19.6 Å². The fourth-order valence-electron chi connectivity index (χ4n) is 1.82. The molecule has 0 spiro atoms. The average molecular weight is 215 g/mol. The molecule has 0 rings (SSSR count). The fourth-order valence-corrected chi connectivity index (χ4v) is 1.82. The van der Waals surface area contributed by atoms with Crippen LogP contribution in [-0.2, 0) is 4.79 Å². The average Bonchev–Trinajstić information content (AvgIpc) is 2.16. The molecule has 0 bridgehead atoms. The predicted molar refractivity (Wildman–Crippen MR) is 63.0 cm³/mol. The van der Waals surface area contributed by atoms with E-state index in [0.717, 1.165) is 13.1 Å². The molecule has 2 unspecified atom stereocenters. The van der Waals surface area contributed by atoms with Gasteiger partial charge in [0.25, 0.3) is 0 Å². The standard InChI is InChI=1S/C12H25NO2/c1-5-7-10(3)8-13(6-2)9-11(4)12(14)15/h10-11H,5-9H2,1-4H3,(H,14,15). The summed E-state index contributed by atoms with van der Waals surface area (Å²) in [5.74, 6) is -0.300. The number of carboxylic acids is 1. The Labute approximate surface area is 93.5 Å². The molecule has 0 saturated heterocycles. The molecule has 0 saturated carbocycles. The second kappa shape index (κ2) is 7.69. The summed E-state index contributed by atoms with van der Waals surface area (Å²) in [6.07, 6.45) is 2.42. The SMILES string of the molecule is CCCC(C)CN(CC)CC(C)C(=O)O. The van der Waals surface area contributed by atoms with Gasteiger partial charge in [0.05, 0.1) is 5.92 Å². The van der Waals surface area contributed by atoms with E-state index in [-0.39, 0.29) is 5.92 Å². The Morgan fingerprint density at radius 3 is 2.27 bits per heavy atom. The van der Waals surface area contributed by atoms with E-state index in [9.17, 15) is 4.79 Å². The van der Waals surface area contributed by atoms with Gasteiger partial charge in [-0.1, -0.05) is 34.1 Å². The fraction of sp³-hybridized carbons (Fsp3) is 0.917. The third kappa shape index (κ3) is 6.50. The smallest absolute Gasteiger partial charge is 0.307 e. The molecule has 90 valence electrons. The summed E-state index contributed by atoms with van der Waals surface area (Å²) in [5.41, 5.74) is 0. The van der Waals surface area contributed by atoms with Crippen molar-refractivity contribution in [3.8, 4) is 0 Å². The molecular formula is C12H25NO2. The van der Waals surface area contributed by atoms with Crippen molar-refractivity contribution < 1.29 is 9.90 Å². The number of aliphatic carboxylic acids is 1. The van der Waals surface area contributed by atoms with E-state index in [2.05, 4.69) is 25.7 Å². The highest BCUT2D eigenvalue weighted by atomic mass is 16.4. The molecule has 3 nitrogen and oxygen atoms in total. The van der Waals surface area contributed by atoms with Crippen LogP contribution >= 0.6 is 0 Å². The lowest BCUT2D eigenvalue weighted by atomic mass is 10.0. The van der Waals surface area contributed by atoms with Gasteiger partial charge in [-0.15, -0.1) is 0 Å². The third-order valence-corrected chi connectivity index (χ3v) is 2.75. The number of hydrogen-bond acceptors (Lipinski definition) is 2. The maximum atomic E-state index is 10.7. The third-order valence-electron chi connectivity index (χ3n) is 2.75. The van der Waals surface area contributed by atoms with Crippen LogP contribution in [0.2, 0.25) is 0 Å². The summed E-state index contributed by atoms with van der Waals surface area (Å²) < 4.78 is 0. The largest absolute Gasteiger partial charge is 0.481 e. The lowest BCUT2D eigenvalue weighted by molar-refractivity contribution is -0.141. The van der Waals surface area contributed by atoms with E-state index >= 15 is 0 Å². The zero-order chi connectivity index (χ0) is 11.8. The van der Waals surface area contributed by atoms with Crippen LogP contribution in [0.4, 0.5) is 0 Å². The molecule has 1 N–H and O–H groups in total. The van der Waals surface area contributed by atoms with Crippen molar-refractivity contribution in [3.63, 3.8) is 0 Å². The molecule has 0 aliphatic carbocycles. The van der Waals surface area contributed by atoms with E-state index in [4.69, 9.17) is 5.11 Å². The Morgan fingerprint density at radius 2 is 1.87 bits per heavy atom. The molecule has 0 aliphatic rings. The molecule has 0 radical (unpaired) electrons. The van der Waals surface area contributed by atoms with Crippen LogP contribution < -0.4 is 0 Å².